The summed E-state index contributed by atoms with van der Waals surface area (Å²) in [7, 11) is 0. The highest BCUT2D eigenvalue weighted by Gasteiger charge is 2.13. The zero-order chi connectivity index (χ0) is 14.4. The van der Waals surface area contributed by atoms with Crippen LogP contribution in [-0.2, 0) is 12.8 Å². The molecule has 4 heteroatoms. The molecule has 0 aliphatic rings. The van der Waals surface area contributed by atoms with Crippen LogP contribution in [0.1, 0.15) is 24.3 Å². The summed E-state index contributed by atoms with van der Waals surface area (Å²) in [6, 6.07) is 7.37. The van der Waals surface area contributed by atoms with Crippen molar-refractivity contribution >= 4 is 11.3 Å². The molecule has 0 saturated carbocycles. The van der Waals surface area contributed by atoms with Gasteiger partial charge in [-0.2, -0.15) is 0 Å². The third-order valence-electron chi connectivity index (χ3n) is 3.20. The molecule has 1 aromatic heterocycles. The van der Waals surface area contributed by atoms with Crippen LogP contribution in [0.4, 0.5) is 4.39 Å². The summed E-state index contributed by atoms with van der Waals surface area (Å²) in [4.78, 5) is 5.42. The summed E-state index contributed by atoms with van der Waals surface area (Å²) < 4.78 is 13.3. The molecule has 0 bridgehead atoms. The molecule has 2 rings (SSSR count). The number of aromatic nitrogens is 1. The second-order valence-corrected chi connectivity index (χ2v) is 6.41. The second kappa shape index (κ2) is 7.50. The minimum Gasteiger partial charge on any atom is -0.314 e. The molecule has 1 atom stereocenters. The van der Waals surface area contributed by atoms with Crippen LogP contribution < -0.4 is 5.32 Å². The SMILES string of the molecule is CC(C)NCC(Cc1cccc(F)c1)Cc1cncs1. The molecule has 108 valence electrons. The van der Waals surface area contributed by atoms with Crippen molar-refractivity contribution in [1.82, 2.24) is 10.3 Å². The van der Waals surface area contributed by atoms with Gasteiger partial charge in [0.25, 0.3) is 0 Å². The molecule has 1 N–H and O–H groups in total. The van der Waals surface area contributed by atoms with Crippen molar-refractivity contribution in [3.05, 3.63) is 52.2 Å². The maximum Gasteiger partial charge on any atom is 0.123 e. The van der Waals surface area contributed by atoms with E-state index >= 15 is 0 Å². The minimum absolute atomic E-state index is 0.157. The first-order chi connectivity index (χ1) is 9.63. The van der Waals surface area contributed by atoms with Gasteiger partial charge in [0.15, 0.2) is 0 Å². The first-order valence-corrected chi connectivity index (χ1v) is 7.86. The summed E-state index contributed by atoms with van der Waals surface area (Å²) in [6.07, 6.45) is 3.80. The van der Waals surface area contributed by atoms with Crippen molar-refractivity contribution < 1.29 is 4.39 Å². The Hall–Kier alpha value is -1.26. The van der Waals surface area contributed by atoms with Gasteiger partial charge in [0.2, 0.25) is 0 Å². The third-order valence-corrected chi connectivity index (χ3v) is 4.00. The standard InChI is InChI=1S/C16H21FN2S/c1-12(2)19-9-14(8-16-10-18-11-20-16)6-13-4-3-5-15(17)7-13/h3-5,7,10-12,14,19H,6,8-9H2,1-2H3. The van der Waals surface area contributed by atoms with Gasteiger partial charge in [-0.05, 0) is 43.0 Å². The zero-order valence-corrected chi connectivity index (χ0v) is 12.8. The largest absolute Gasteiger partial charge is 0.314 e. The average Bonchev–Trinajstić information content (AvgIpc) is 2.89. The fourth-order valence-corrected chi connectivity index (χ4v) is 2.95. The molecule has 0 fully saturated rings. The Bertz CT molecular complexity index is 511. The fourth-order valence-electron chi connectivity index (χ4n) is 2.24. The van der Waals surface area contributed by atoms with Crippen molar-refractivity contribution in [1.29, 1.82) is 0 Å². The molecular formula is C16H21FN2S. The summed E-state index contributed by atoms with van der Waals surface area (Å²) in [5.74, 6) is 0.301. The van der Waals surface area contributed by atoms with E-state index in [-0.39, 0.29) is 5.82 Å². The normalized spacial score (nSPS) is 12.8. The number of nitrogens with one attached hydrogen (secondary N) is 1. The molecule has 0 aliphatic carbocycles. The Kier molecular flexibility index (Phi) is 5.68. The van der Waals surface area contributed by atoms with Gasteiger partial charge in [0.1, 0.15) is 5.82 Å². The van der Waals surface area contributed by atoms with E-state index in [1.165, 1.54) is 10.9 Å². The topological polar surface area (TPSA) is 24.9 Å². The van der Waals surface area contributed by atoms with E-state index < -0.39 is 0 Å². The van der Waals surface area contributed by atoms with Gasteiger partial charge < -0.3 is 5.32 Å². The van der Waals surface area contributed by atoms with Gasteiger partial charge in [0.05, 0.1) is 5.51 Å². The highest BCUT2D eigenvalue weighted by Crippen LogP contribution is 2.17. The lowest BCUT2D eigenvalue weighted by Gasteiger charge is -2.19. The van der Waals surface area contributed by atoms with Gasteiger partial charge in [-0.15, -0.1) is 11.3 Å². The van der Waals surface area contributed by atoms with Crippen molar-refractivity contribution in [2.45, 2.75) is 32.7 Å². The molecule has 1 heterocycles. The number of halogens is 1. The predicted molar refractivity (Wildman–Crippen MR) is 82.6 cm³/mol. The number of rotatable bonds is 7. The molecule has 0 saturated heterocycles. The van der Waals surface area contributed by atoms with Gasteiger partial charge in [0, 0.05) is 17.1 Å². The van der Waals surface area contributed by atoms with Gasteiger partial charge in [-0.3, -0.25) is 4.98 Å². The molecule has 1 aromatic carbocycles. The second-order valence-electron chi connectivity index (χ2n) is 5.43. The van der Waals surface area contributed by atoms with Crippen LogP contribution in [0.3, 0.4) is 0 Å². The van der Waals surface area contributed by atoms with Crippen molar-refractivity contribution in [3.63, 3.8) is 0 Å². The van der Waals surface area contributed by atoms with E-state index in [2.05, 4.69) is 24.1 Å². The highest BCUT2D eigenvalue weighted by molar-refractivity contribution is 7.09. The number of hydrogen-bond acceptors (Lipinski definition) is 3. The van der Waals surface area contributed by atoms with E-state index in [9.17, 15) is 4.39 Å². The Balaban J connectivity index is 2.01. The Morgan fingerprint density at radius 1 is 1.30 bits per heavy atom. The van der Waals surface area contributed by atoms with Gasteiger partial charge in [-0.25, -0.2) is 4.39 Å². The minimum atomic E-state index is -0.157. The first kappa shape index (κ1) is 15.1. The lowest BCUT2D eigenvalue weighted by atomic mass is 9.95. The molecule has 0 spiro atoms. The smallest absolute Gasteiger partial charge is 0.123 e. The quantitative estimate of drug-likeness (QED) is 0.842. The van der Waals surface area contributed by atoms with Crippen LogP contribution in [0.25, 0.3) is 0 Å². The van der Waals surface area contributed by atoms with E-state index in [0.717, 1.165) is 24.9 Å². The molecule has 1 unspecified atom stereocenters. The van der Waals surface area contributed by atoms with Gasteiger partial charge >= 0.3 is 0 Å². The summed E-state index contributed by atoms with van der Waals surface area (Å²) in [6.45, 7) is 5.23. The number of benzene rings is 1. The lowest BCUT2D eigenvalue weighted by Crippen LogP contribution is -2.30. The monoisotopic (exact) mass is 292 g/mol. The molecule has 20 heavy (non-hydrogen) atoms. The van der Waals surface area contributed by atoms with Crippen molar-refractivity contribution in [2.75, 3.05) is 6.54 Å². The molecule has 2 aromatic rings. The first-order valence-electron chi connectivity index (χ1n) is 6.98. The van der Waals surface area contributed by atoms with Crippen LogP contribution in [0.2, 0.25) is 0 Å². The van der Waals surface area contributed by atoms with Crippen molar-refractivity contribution in [2.24, 2.45) is 5.92 Å². The maximum absolute atomic E-state index is 13.3. The lowest BCUT2D eigenvalue weighted by molar-refractivity contribution is 0.445. The van der Waals surface area contributed by atoms with Crippen LogP contribution in [0.15, 0.2) is 36.0 Å². The Morgan fingerprint density at radius 3 is 2.80 bits per heavy atom. The van der Waals surface area contributed by atoms with Gasteiger partial charge in [-0.1, -0.05) is 26.0 Å². The van der Waals surface area contributed by atoms with E-state index in [0.29, 0.717) is 12.0 Å². The fraction of sp³-hybridized carbons (Fsp3) is 0.438. The van der Waals surface area contributed by atoms with Crippen LogP contribution in [0.5, 0.6) is 0 Å². The summed E-state index contributed by atoms with van der Waals surface area (Å²) >= 11 is 1.69. The van der Waals surface area contributed by atoms with Crippen molar-refractivity contribution in [3.8, 4) is 0 Å². The maximum atomic E-state index is 13.3. The Labute approximate surface area is 124 Å². The highest BCUT2D eigenvalue weighted by atomic mass is 32.1. The molecular weight excluding hydrogens is 271 g/mol. The van der Waals surface area contributed by atoms with Crippen LogP contribution >= 0.6 is 11.3 Å². The zero-order valence-electron chi connectivity index (χ0n) is 12.0. The Morgan fingerprint density at radius 2 is 2.15 bits per heavy atom. The van der Waals surface area contributed by atoms with E-state index in [4.69, 9.17) is 0 Å². The summed E-state index contributed by atoms with van der Waals surface area (Å²) in [5.41, 5.74) is 2.93. The number of nitrogens with zero attached hydrogens (tertiary/aromatic N) is 1. The summed E-state index contributed by atoms with van der Waals surface area (Å²) in [5, 5.41) is 3.48. The molecule has 2 nitrogen and oxygen atoms in total. The molecule has 0 amide bonds. The molecule has 0 radical (unpaired) electrons. The third kappa shape index (κ3) is 5.02. The predicted octanol–water partition coefficient (Wildman–Crippen LogP) is 3.68. The number of hydrogen-bond donors (Lipinski definition) is 1. The molecule has 0 aliphatic heterocycles. The average molecular weight is 292 g/mol. The van der Waals surface area contributed by atoms with E-state index in [1.54, 1.807) is 23.5 Å². The van der Waals surface area contributed by atoms with E-state index in [1.807, 2.05) is 17.8 Å². The number of thiazole rings is 1. The van der Waals surface area contributed by atoms with Crippen LogP contribution in [-0.4, -0.2) is 17.6 Å². The van der Waals surface area contributed by atoms with Crippen LogP contribution in [0, 0.1) is 11.7 Å².